The zero-order chi connectivity index (χ0) is 14.6. The summed E-state index contributed by atoms with van der Waals surface area (Å²) in [6.07, 6.45) is -0.0564. The monoisotopic (exact) mass is 281 g/mol. The lowest BCUT2D eigenvalue weighted by Gasteiger charge is -2.13. The third-order valence-corrected chi connectivity index (χ3v) is 2.93. The molecule has 0 saturated carbocycles. The van der Waals surface area contributed by atoms with Crippen LogP contribution < -0.4 is 5.32 Å². The van der Waals surface area contributed by atoms with Crippen LogP contribution in [0.4, 0.5) is 13.2 Å². The van der Waals surface area contributed by atoms with Crippen molar-refractivity contribution >= 4 is 0 Å². The minimum atomic E-state index is -4.35. The lowest BCUT2D eigenvalue weighted by atomic mass is 10.1. The molecule has 6 heteroatoms. The van der Waals surface area contributed by atoms with Gasteiger partial charge in [-0.3, -0.25) is 9.97 Å². The SMILES string of the molecule is CC(NCc1ccc(C(F)(F)F)cn1)c1cccnc1. The molecule has 0 aliphatic carbocycles. The van der Waals surface area contributed by atoms with Crippen molar-refractivity contribution in [1.29, 1.82) is 0 Å². The van der Waals surface area contributed by atoms with Crippen molar-refractivity contribution in [3.05, 3.63) is 59.7 Å². The number of nitrogens with one attached hydrogen (secondary N) is 1. The van der Waals surface area contributed by atoms with E-state index in [1.54, 1.807) is 12.4 Å². The van der Waals surface area contributed by atoms with Crippen LogP contribution in [0.25, 0.3) is 0 Å². The van der Waals surface area contributed by atoms with Crippen LogP contribution in [0.2, 0.25) is 0 Å². The fourth-order valence-electron chi connectivity index (χ4n) is 1.70. The van der Waals surface area contributed by atoms with Crippen molar-refractivity contribution in [1.82, 2.24) is 15.3 Å². The maximum atomic E-state index is 12.4. The van der Waals surface area contributed by atoms with Gasteiger partial charge in [0.2, 0.25) is 0 Å². The molecule has 0 aliphatic heterocycles. The number of rotatable bonds is 4. The minimum absolute atomic E-state index is 0.0489. The Morgan fingerprint density at radius 2 is 2.00 bits per heavy atom. The topological polar surface area (TPSA) is 37.8 Å². The third kappa shape index (κ3) is 3.77. The first kappa shape index (κ1) is 14.5. The molecule has 0 spiro atoms. The molecule has 1 atom stereocenters. The summed E-state index contributed by atoms with van der Waals surface area (Å²) in [4.78, 5) is 7.83. The summed E-state index contributed by atoms with van der Waals surface area (Å²) < 4.78 is 37.2. The Hall–Kier alpha value is -1.95. The molecule has 1 unspecified atom stereocenters. The van der Waals surface area contributed by atoms with Gasteiger partial charge in [0.1, 0.15) is 0 Å². The minimum Gasteiger partial charge on any atom is -0.305 e. The molecule has 106 valence electrons. The van der Waals surface area contributed by atoms with Crippen molar-refractivity contribution in [2.75, 3.05) is 0 Å². The molecule has 3 nitrogen and oxygen atoms in total. The highest BCUT2D eigenvalue weighted by atomic mass is 19.4. The van der Waals surface area contributed by atoms with E-state index in [1.165, 1.54) is 6.07 Å². The van der Waals surface area contributed by atoms with E-state index in [2.05, 4.69) is 15.3 Å². The molecule has 2 rings (SSSR count). The molecular formula is C14H14F3N3. The highest BCUT2D eigenvalue weighted by Crippen LogP contribution is 2.28. The quantitative estimate of drug-likeness (QED) is 0.934. The van der Waals surface area contributed by atoms with E-state index in [4.69, 9.17) is 0 Å². The van der Waals surface area contributed by atoms with Gasteiger partial charge in [-0.2, -0.15) is 13.2 Å². The number of pyridine rings is 2. The zero-order valence-corrected chi connectivity index (χ0v) is 10.9. The molecular weight excluding hydrogens is 267 g/mol. The van der Waals surface area contributed by atoms with Gasteiger partial charge in [0, 0.05) is 31.2 Å². The molecule has 2 aromatic rings. The van der Waals surface area contributed by atoms with E-state index >= 15 is 0 Å². The predicted molar refractivity (Wildman–Crippen MR) is 68.7 cm³/mol. The standard InChI is InChI=1S/C14H14F3N3/c1-10(11-3-2-6-18-7-11)19-9-13-5-4-12(8-20-13)14(15,16)17/h2-8,10,19H,9H2,1H3. The van der Waals surface area contributed by atoms with Gasteiger partial charge in [-0.25, -0.2) is 0 Å². The molecule has 0 fully saturated rings. The first-order valence-electron chi connectivity index (χ1n) is 6.12. The van der Waals surface area contributed by atoms with Gasteiger partial charge in [-0.15, -0.1) is 0 Å². The Labute approximate surface area is 114 Å². The second-order valence-electron chi connectivity index (χ2n) is 4.42. The average molecular weight is 281 g/mol. The Morgan fingerprint density at radius 1 is 1.20 bits per heavy atom. The smallest absolute Gasteiger partial charge is 0.305 e. The van der Waals surface area contributed by atoms with Crippen molar-refractivity contribution in [3.8, 4) is 0 Å². The number of halogens is 3. The van der Waals surface area contributed by atoms with Crippen LogP contribution in [0.5, 0.6) is 0 Å². The molecule has 0 saturated heterocycles. The molecule has 0 amide bonds. The van der Waals surface area contributed by atoms with Crippen molar-refractivity contribution in [2.24, 2.45) is 0 Å². The summed E-state index contributed by atoms with van der Waals surface area (Å²) in [5.41, 5.74) is 0.842. The number of alkyl halides is 3. The molecule has 0 bridgehead atoms. The van der Waals surface area contributed by atoms with E-state index in [-0.39, 0.29) is 6.04 Å². The normalized spacial score (nSPS) is 13.2. The van der Waals surface area contributed by atoms with Crippen LogP contribution in [0.1, 0.15) is 29.8 Å². The van der Waals surface area contributed by atoms with Crippen LogP contribution in [0.15, 0.2) is 42.9 Å². The third-order valence-electron chi connectivity index (χ3n) is 2.93. The van der Waals surface area contributed by atoms with Gasteiger partial charge in [-0.1, -0.05) is 6.07 Å². The highest BCUT2D eigenvalue weighted by Gasteiger charge is 2.30. The Kier molecular flexibility index (Phi) is 4.34. The predicted octanol–water partition coefficient (Wildman–Crippen LogP) is 3.35. The Balaban J connectivity index is 1.94. The summed E-state index contributed by atoms with van der Waals surface area (Å²) in [7, 11) is 0. The number of hydrogen-bond donors (Lipinski definition) is 1. The first-order chi connectivity index (χ1) is 9.47. The van der Waals surface area contributed by atoms with Crippen molar-refractivity contribution in [3.63, 3.8) is 0 Å². The fourth-order valence-corrected chi connectivity index (χ4v) is 1.70. The second kappa shape index (κ2) is 6.00. The van der Waals surface area contributed by atoms with E-state index in [0.29, 0.717) is 12.2 Å². The van der Waals surface area contributed by atoms with E-state index in [9.17, 15) is 13.2 Å². The van der Waals surface area contributed by atoms with E-state index in [0.717, 1.165) is 17.8 Å². The second-order valence-corrected chi connectivity index (χ2v) is 4.42. The number of hydrogen-bond acceptors (Lipinski definition) is 3. The van der Waals surface area contributed by atoms with Crippen LogP contribution in [-0.2, 0) is 12.7 Å². The largest absolute Gasteiger partial charge is 0.417 e. The summed E-state index contributed by atoms with van der Waals surface area (Å²) in [5.74, 6) is 0. The molecule has 20 heavy (non-hydrogen) atoms. The lowest BCUT2D eigenvalue weighted by molar-refractivity contribution is -0.137. The summed E-state index contributed by atoms with van der Waals surface area (Å²) in [5, 5.41) is 3.19. The van der Waals surface area contributed by atoms with Crippen LogP contribution in [0.3, 0.4) is 0 Å². The molecule has 0 aliphatic rings. The van der Waals surface area contributed by atoms with Crippen molar-refractivity contribution < 1.29 is 13.2 Å². The van der Waals surface area contributed by atoms with Gasteiger partial charge < -0.3 is 5.32 Å². The maximum Gasteiger partial charge on any atom is 0.417 e. The Morgan fingerprint density at radius 3 is 2.55 bits per heavy atom. The van der Waals surface area contributed by atoms with Crippen molar-refractivity contribution in [2.45, 2.75) is 25.7 Å². The zero-order valence-electron chi connectivity index (χ0n) is 10.9. The van der Waals surface area contributed by atoms with Crippen LogP contribution in [-0.4, -0.2) is 9.97 Å². The molecule has 0 aromatic carbocycles. The Bertz CT molecular complexity index is 538. The first-order valence-corrected chi connectivity index (χ1v) is 6.12. The summed E-state index contributed by atoms with van der Waals surface area (Å²) in [6, 6.07) is 6.24. The highest BCUT2D eigenvalue weighted by molar-refractivity contribution is 5.17. The molecule has 2 aromatic heterocycles. The van der Waals surface area contributed by atoms with Gasteiger partial charge in [0.15, 0.2) is 0 Å². The van der Waals surface area contributed by atoms with Gasteiger partial charge in [0.05, 0.1) is 11.3 Å². The fraction of sp³-hybridized carbons (Fsp3) is 0.286. The van der Waals surface area contributed by atoms with Crippen LogP contribution >= 0.6 is 0 Å². The molecule has 0 radical (unpaired) electrons. The molecule has 1 N–H and O–H groups in total. The summed E-state index contributed by atoms with van der Waals surface area (Å²) in [6.45, 7) is 2.36. The lowest BCUT2D eigenvalue weighted by Crippen LogP contribution is -2.19. The van der Waals surface area contributed by atoms with E-state index in [1.807, 2.05) is 19.1 Å². The van der Waals surface area contributed by atoms with Gasteiger partial charge >= 0.3 is 6.18 Å². The van der Waals surface area contributed by atoms with Crippen LogP contribution in [0, 0.1) is 0 Å². The average Bonchev–Trinajstić information content (AvgIpc) is 2.45. The van der Waals surface area contributed by atoms with E-state index < -0.39 is 11.7 Å². The number of nitrogens with zero attached hydrogens (tertiary/aromatic N) is 2. The van der Waals surface area contributed by atoms with Gasteiger partial charge in [0.25, 0.3) is 0 Å². The molecule has 2 heterocycles. The summed E-state index contributed by atoms with van der Waals surface area (Å²) >= 11 is 0. The maximum absolute atomic E-state index is 12.4. The van der Waals surface area contributed by atoms with Gasteiger partial charge in [-0.05, 0) is 30.7 Å². The number of aromatic nitrogens is 2.